The Hall–Kier alpha value is -0.970. The number of hydrogen-bond acceptors (Lipinski definition) is 4. The first-order valence-electron chi connectivity index (χ1n) is 7.00. The number of methoxy groups -OCH3 is 1. The Morgan fingerprint density at radius 3 is 2.60 bits per heavy atom. The first-order valence-corrected chi connectivity index (χ1v) is 7.38. The van der Waals surface area contributed by atoms with E-state index in [2.05, 4.69) is 19.2 Å². The molecule has 0 aliphatic carbocycles. The zero-order valence-corrected chi connectivity index (χ0v) is 13.3. The van der Waals surface area contributed by atoms with Crippen LogP contribution in [0, 0.1) is 0 Å². The Kier molecular flexibility index (Phi) is 8.42. The monoisotopic (exact) mass is 301 g/mol. The number of nitrogens with one attached hydrogen (secondary N) is 1. The molecule has 1 rings (SSSR count). The smallest absolute Gasteiger partial charge is 0.165 e. The topological polar surface area (TPSA) is 39.7 Å². The van der Waals surface area contributed by atoms with E-state index in [1.54, 1.807) is 13.2 Å². The molecular weight excluding hydrogens is 278 g/mol. The fourth-order valence-corrected chi connectivity index (χ4v) is 2.01. The highest BCUT2D eigenvalue weighted by Gasteiger charge is 2.12. The SMILES string of the molecule is CCCOCCOc1c(CNCC)cc(Cl)cc1OC. The van der Waals surface area contributed by atoms with Gasteiger partial charge < -0.3 is 19.5 Å². The van der Waals surface area contributed by atoms with Crippen molar-refractivity contribution in [2.45, 2.75) is 26.8 Å². The quantitative estimate of drug-likeness (QED) is 0.673. The van der Waals surface area contributed by atoms with Gasteiger partial charge in [0.1, 0.15) is 6.61 Å². The second-order valence-corrected chi connectivity index (χ2v) is 4.77. The van der Waals surface area contributed by atoms with Gasteiger partial charge in [0.2, 0.25) is 0 Å². The maximum absolute atomic E-state index is 6.09. The van der Waals surface area contributed by atoms with Gasteiger partial charge in [-0.15, -0.1) is 0 Å². The summed E-state index contributed by atoms with van der Waals surface area (Å²) in [6.45, 7) is 7.54. The van der Waals surface area contributed by atoms with Crippen LogP contribution in [0.2, 0.25) is 5.02 Å². The molecule has 0 spiro atoms. The molecule has 4 nitrogen and oxygen atoms in total. The lowest BCUT2D eigenvalue weighted by Crippen LogP contribution is -2.15. The predicted octanol–water partition coefficient (Wildman–Crippen LogP) is 3.26. The van der Waals surface area contributed by atoms with Gasteiger partial charge in [-0.25, -0.2) is 0 Å². The molecule has 5 heteroatoms. The van der Waals surface area contributed by atoms with Crippen LogP contribution in [0.25, 0.3) is 0 Å². The van der Waals surface area contributed by atoms with E-state index in [0.29, 0.717) is 30.5 Å². The summed E-state index contributed by atoms with van der Waals surface area (Å²) in [6.07, 6.45) is 1.01. The van der Waals surface area contributed by atoms with Crippen LogP contribution in [0.5, 0.6) is 11.5 Å². The van der Waals surface area contributed by atoms with Crippen LogP contribution in [-0.2, 0) is 11.3 Å². The molecular formula is C15H24ClNO3. The standard InChI is InChI=1S/C15H24ClNO3/c1-4-6-19-7-8-20-15-12(11-17-5-2)9-13(16)10-14(15)18-3/h9-10,17H,4-8,11H2,1-3H3. The van der Waals surface area contributed by atoms with Crippen LogP contribution in [-0.4, -0.2) is 33.5 Å². The molecule has 114 valence electrons. The minimum Gasteiger partial charge on any atom is -0.493 e. The summed E-state index contributed by atoms with van der Waals surface area (Å²) < 4.78 is 16.6. The maximum atomic E-state index is 6.09. The Labute approximate surface area is 126 Å². The molecule has 0 aliphatic heterocycles. The highest BCUT2D eigenvalue weighted by molar-refractivity contribution is 6.30. The van der Waals surface area contributed by atoms with Gasteiger partial charge in [0, 0.05) is 29.8 Å². The van der Waals surface area contributed by atoms with Crippen LogP contribution in [0.4, 0.5) is 0 Å². The lowest BCUT2D eigenvalue weighted by Gasteiger charge is -2.16. The highest BCUT2D eigenvalue weighted by atomic mass is 35.5. The highest BCUT2D eigenvalue weighted by Crippen LogP contribution is 2.34. The van der Waals surface area contributed by atoms with Gasteiger partial charge >= 0.3 is 0 Å². The van der Waals surface area contributed by atoms with Crippen molar-refractivity contribution in [2.75, 3.05) is 33.5 Å². The van der Waals surface area contributed by atoms with Crippen molar-refractivity contribution in [1.29, 1.82) is 0 Å². The Morgan fingerprint density at radius 2 is 1.95 bits per heavy atom. The molecule has 1 N–H and O–H groups in total. The molecule has 0 saturated carbocycles. The van der Waals surface area contributed by atoms with Crippen molar-refractivity contribution in [3.63, 3.8) is 0 Å². The first-order chi connectivity index (χ1) is 9.72. The van der Waals surface area contributed by atoms with Crippen LogP contribution in [0.15, 0.2) is 12.1 Å². The van der Waals surface area contributed by atoms with E-state index in [4.69, 9.17) is 25.8 Å². The number of rotatable bonds is 10. The Morgan fingerprint density at radius 1 is 1.15 bits per heavy atom. The van der Waals surface area contributed by atoms with Gasteiger partial charge in [0.05, 0.1) is 13.7 Å². The summed E-state index contributed by atoms with van der Waals surface area (Å²) in [6, 6.07) is 3.66. The molecule has 0 amide bonds. The average molecular weight is 302 g/mol. The number of benzene rings is 1. The van der Waals surface area contributed by atoms with E-state index >= 15 is 0 Å². The molecule has 0 unspecified atom stereocenters. The van der Waals surface area contributed by atoms with Gasteiger partial charge in [-0.05, 0) is 19.0 Å². The fourth-order valence-electron chi connectivity index (χ4n) is 1.78. The zero-order chi connectivity index (χ0) is 14.8. The van der Waals surface area contributed by atoms with Crippen LogP contribution in [0.3, 0.4) is 0 Å². The summed E-state index contributed by atoms with van der Waals surface area (Å²) in [5.74, 6) is 1.39. The van der Waals surface area contributed by atoms with Crippen molar-refractivity contribution in [3.05, 3.63) is 22.7 Å². The lowest BCUT2D eigenvalue weighted by molar-refractivity contribution is 0.0991. The van der Waals surface area contributed by atoms with Crippen molar-refractivity contribution in [1.82, 2.24) is 5.32 Å². The van der Waals surface area contributed by atoms with Crippen molar-refractivity contribution < 1.29 is 14.2 Å². The van der Waals surface area contributed by atoms with Gasteiger partial charge in [-0.3, -0.25) is 0 Å². The van der Waals surface area contributed by atoms with E-state index in [1.165, 1.54) is 0 Å². The molecule has 0 aromatic heterocycles. The minimum absolute atomic E-state index is 0.497. The van der Waals surface area contributed by atoms with E-state index in [1.807, 2.05) is 6.07 Å². The summed E-state index contributed by atoms with van der Waals surface area (Å²) >= 11 is 6.09. The second-order valence-electron chi connectivity index (χ2n) is 4.34. The Balaban J connectivity index is 2.73. The molecule has 0 bridgehead atoms. The number of halogens is 1. The number of ether oxygens (including phenoxy) is 3. The predicted molar refractivity (Wildman–Crippen MR) is 82.0 cm³/mol. The van der Waals surface area contributed by atoms with Gasteiger partial charge in [-0.2, -0.15) is 0 Å². The van der Waals surface area contributed by atoms with Crippen LogP contribution < -0.4 is 14.8 Å². The third-order valence-electron chi connectivity index (χ3n) is 2.70. The van der Waals surface area contributed by atoms with E-state index in [9.17, 15) is 0 Å². The summed E-state index contributed by atoms with van der Waals surface area (Å²) in [7, 11) is 1.61. The van der Waals surface area contributed by atoms with Gasteiger partial charge in [0.25, 0.3) is 0 Å². The molecule has 0 fully saturated rings. The zero-order valence-electron chi connectivity index (χ0n) is 12.5. The molecule has 0 radical (unpaired) electrons. The molecule has 0 heterocycles. The number of hydrogen-bond donors (Lipinski definition) is 1. The fraction of sp³-hybridized carbons (Fsp3) is 0.600. The Bertz CT molecular complexity index is 399. The molecule has 0 atom stereocenters. The molecule has 0 saturated heterocycles. The third kappa shape index (κ3) is 5.57. The normalized spacial score (nSPS) is 10.6. The third-order valence-corrected chi connectivity index (χ3v) is 2.92. The van der Waals surface area contributed by atoms with Crippen LogP contribution >= 0.6 is 11.6 Å². The van der Waals surface area contributed by atoms with E-state index in [-0.39, 0.29) is 0 Å². The van der Waals surface area contributed by atoms with Gasteiger partial charge in [0.15, 0.2) is 11.5 Å². The summed E-state index contributed by atoms with van der Waals surface area (Å²) in [4.78, 5) is 0. The summed E-state index contributed by atoms with van der Waals surface area (Å²) in [5, 5.41) is 3.91. The van der Waals surface area contributed by atoms with Crippen molar-refractivity contribution in [3.8, 4) is 11.5 Å². The van der Waals surface area contributed by atoms with Crippen LogP contribution in [0.1, 0.15) is 25.8 Å². The van der Waals surface area contributed by atoms with E-state index in [0.717, 1.165) is 30.9 Å². The molecule has 1 aromatic carbocycles. The van der Waals surface area contributed by atoms with E-state index < -0.39 is 0 Å². The van der Waals surface area contributed by atoms with Crippen molar-refractivity contribution >= 4 is 11.6 Å². The second kappa shape index (κ2) is 9.86. The molecule has 0 aliphatic rings. The minimum atomic E-state index is 0.497. The average Bonchev–Trinajstić information content (AvgIpc) is 2.45. The lowest BCUT2D eigenvalue weighted by atomic mass is 10.2. The molecule has 1 aromatic rings. The maximum Gasteiger partial charge on any atom is 0.165 e. The molecule has 20 heavy (non-hydrogen) atoms. The summed E-state index contributed by atoms with van der Waals surface area (Å²) in [5.41, 5.74) is 0.992. The largest absolute Gasteiger partial charge is 0.493 e. The first kappa shape index (κ1) is 17.1. The van der Waals surface area contributed by atoms with Crippen molar-refractivity contribution in [2.24, 2.45) is 0 Å². The van der Waals surface area contributed by atoms with Gasteiger partial charge in [-0.1, -0.05) is 25.4 Å².